The third-order valence-corrected chi connectivity index (χ3v) is 6.63. The minimum Gasteiger partial charge on any atom is -0.423 e. The third kappa shape index (κ3) is 13.4. The molecule has 4 heteroatoms. The van der Waals surface area contributed by atoms with Crippen LogP contribution in [0, 0.1) is 0 Å². The van der Waals surface area contributed by atoms with Crippen molar-refractivity contribution in [1.29, 1.82) is 0 Å². The van der Waals surface area contributed by atoms with Gasteiger partial charge in [-0.2, -0.15) is 0 Å². The number of esters is 1. The van der Waals surface area contributed by atoms with Crippen molar-refractivity contribution in [1.82, 2.24) is 9.97 Å². The Morgan fingerprint density at radius 2 is 1.14 bits per heavy atom. The van der Waals surface area contributed by atoms with E-state index in [1.807, 2.05) is 0 Å². The Balaban J connectivity index is 1.61. The van der Waals surface area contributed by atoms with Gasteiger partial charge >= 0.3 is 5.97 Å². The second-order valence-electron chi connectivity index (χ2n) is 9.86. The van der Waals surface area contributed by atoms with E-state index in [9.17, 15) is 4.79 Å². The highest BCUT2D eigenvalue weighted by molar-refractivity contribution is 5.72. The second kappa shape index (κ2) is 19.0. The van der Waals surface area contributed by atoms with Crippen LogP contribution < -0.4 is 4.74 Å². The van der Waals surface area contributed by atoms with Crippen molar-refractivity contribution in [3.05, 3.63) is 42.2 Å². The molecular weight excluding hydrogens is 432 g/mol. The first-order chi connectivity index (χ1) is 17.2. The van der Waals surface area contributed by atoms with Gasteiger partial charge in [-0.1, -0.05) is 128 Å². The number of hydrogen-bond donors (Lipinski definition) is 0. The Labute approximate surface area is 214 Å². The van der Waals surface area contributed by atoms with Crippen molar-refractivity contribution in [3.63, 3.8) is 0 Å². The van der Waals surface area contributed by atoms with E-state index < -0.39 is 0 Å². The van der Waals surface area contributed by atoms with E-state index in [4.69, 9.17) is 4.74 Å². The molecule has 1 aromatic carbocycles. The number of carbonyl (C=O) groups excluding carboxylic acids is 1. The van der Waals surface area contributed by atoms with Gasteiger partial charge in [0.25, 0.3) is 0 Å². The maximum Gasteiger partial charge on any atom is 0.311 e. The van der Waals surface area contributed by atoms with Crippen molar-refractivity contribution in [2.45, 2.75) is 129 Å². The molecule has 1 aromatic heterocycles. The Morgan fingerprint density at radius 1 is 0.657 bits per heavy atom. The summed E-state index contributed by atoms with van der Waals surface area (Å²) in [5.74, 6) is 0.877. The number of carbonyl (C=O) groups is 1. The van der Waals surface area contributed by atoms with Gasteiger partial charge in [-0.25, -0.2) is 9.97 Å². The van der Waals surface area contributed by atoms with Gasteiger partial charge in [0.2, 0.25) is 0 Å². The zero-order valence-corrected chi connectivity index (χ0v) is 22.4. The number of unbranched alkanes of at least 4 members (excludes halogenated alkanes) is 14. The molecule has 0 aliphatic carbocycles. The molecule has 2 rings (SSSR count). The van der Waals surface area contributed by atoms with Crippen molar-refractivity contribution < 1.29 is 9.53 Å². The van der Waals surface area contributed by atoms with Crippen LogP contribution in [-0.2, 0) is 11.2 Å². The largest absolute Gasteiger partial charge is 0.423 e. The quantitative estimate of drug-likeness (QED) is 0.140. The van der Waals surface area contributed by atoms with Gasteiger partial charge in [0.1, 0.15) is 0 Å². The number of nitrogens with zero attached hydrogens (tertiary/aromatic N) is 2. The lowest BCUT2D eigenvalue weighted by Crippen LogP contribution is -2.08. The molecule has 0 spiro atoms. The summed E-state index contributed by atoms with van der Waals surface area (Å²) in [6.45, 7) is 4.48. The second-order valence-corrected chi connectivity index (χ2v) is 9.86. The maximum atomic E-state index is 12.0. The van der Waals surface area contributed by atoms with Gasteiger partial charge in [0.05, 0.1) is 12.4 Å². The van der Waals surface area contributed by atoms with Gasteiger partial charge in [0, 0.05) is 12.0 Å². The molecule has 0 amide bonds. The smallest absolute Gasteiger partial charge is 0.311 e. The van der Waals surface area contributed by atoms with Crippen LogP contribution in [0.15, 0.2) is 36.7 Å². The highest BCUT2D eigenvalue weighted by Gasteiger charge is 2.07. The van der Waals surface area contributed by atoms with E-state index in [1.165, 1.54) is 95.5 Å². The van der Waals surface area contributed by atoms with Gasteiger partial charge in [0.15, 0.2) is 11.6 Å². The van der Waals surface area contributed by atoms with Crippen LogP contribution >= 0.6 is 0 Å². The molecule has 0 saturated heterocycles. The molecule has 0 bridgehead atoms. The Morgan fingerprint density at radius 3 is 1.69 bits per heavy atom. The third-order valence-electron chi connectivity index (χ3n) is 6.63. The molecular formula is C31H48N2O2. The maximum absolute atomic E-state index is 12.0. The number of benzene rings is 1. The van der Waals surface area contributed by atoms with Crippen molar-refractivity contribution in [2.24, 2.45) is 0 Å². The van der Waals surface area contributed by atoms with Crippen LogP contribution in [0.25, 0.3) is 11.4 Å². The molecule has 0 aliphatic rings. The van der Waals surface area contributed by atoms with Gasteiger partial charge in [-0.15, -0.1) is 0 Å². The van der Waals surface area contributed by atoms with Crippen LogP contribution in [0.3, 0.4) is 0 Å². The molecule has 0 N–H and O–H groups in total. The summed E-state index contributed by atoms with van der Waals surface area (Å²) in [5.41, 5.74) is 2.36. The lowest BCUT2D eigenvalue weighted by molar-refractivity contribution is -0.134. The molecule has 0 radical (unpaired) electrons. The Kier molecular flexibility index (Phi) is 15.8. The Bertz CT molecular complexity index is 787. The molecule has 0 aliphatic heterocycles. The van der Waals surface area contributed by atoms with E-state index in [2.05, 4.69) is 48.1 Å². The fourth-order valence-electron chi connectivity index (χ4n) is 4.39. The molecule has 35 heavy (non-hydrogen) atoms. The fraction of sp³-hybridized carbons (Fsp3) is 0.645. The number of ether oxygens (including phenoxy) is 1. The van der Waals surface area contributed by atoms with E-state index in [0.29, 0.717) is 18.0 Å². The minimum atomic E-state index is -0.201. The lowest BCUT2D eigenvalue weighted by atomic mass is 10.0. The SMILES string of the molecule is CCCCCCCCCCCCc1ccc(-c2ncc(OC(=O)CCCCCCCC)cn2)cc1. The van der Waals surface area contributed by atoms with Crippen molar-refractivity contribution >= 4 is 5.97 Å². The zero-order valence-electron chi connectivity index (χ0n) is 22.4. The van der Waals surface area contributed by atoms with Gasteiger partial charge in [-0.3, -0.25) is 4.79 Å². The first-order valence-corrected chi connectivity index (χ1v) is 14.3. The number of aromatic nitrogens is 2. The van der Waals surface area contributed by atoms with Crippen LogP contribution in [-0.4, -0.2) is 15.9 Å². The summed E-state index contributed by atoms with van der Waals surface area (Å²) >= 11 is 0. The van der Waals surface area contributed by atoms with Crippen molar-refractivity contribution in [3.8, 4) is 17.1 Å². The molecule has 2 aromatic rings. The summed E-state index contributed by atoms with van der Waals surface area (Å²) < 4.78 is 5.39. The van der Waals surface area contributed by atoms with Gasteiger partial charge < -0.3 is 4.74 Å². The summed E-state index contributed by atoms with van der Waals surface area (Å²) in [6, 6.07) is 8.54. The summed E-state index contributed by atoms with van der Waals surface area (Å²) in [7, 11) is 0. The summed E-state index contributed by atoms with van der Waals surface area (Å²) in [6.07, 6.45) is 25.4. The van der Waals surface area contributed by atoms with Crippen LogP contribution in [0.2, 0.25) is 0 Å². The van der Waals surface area contributed by atoms with Crippen molar-refractivity contribution in [2.75, 3.05) is 0 Å². The van der Waals surface area contributed by atoms with Crippen LogP contribution in [0.4, 0.5) is 0 Å². The fourth-order valence-corrected chi connectivity index (χ4v) is 4.39. The molecule has 0 fully saturated rings. The molecule has 4 nitrogen and oxygen atoms in total. The first kappa shape index (κ1) is 29.0. The first-order valence-electron chi connectivity index (χ1n) is 14.3. The zero-order chi connectivity index (χ0) is 25.0. The standard InChI is InChI=1S/C31H48N2O2/c1-3-5-7-9-11-12-13-14-15-17-19-27-21-23-28(24-22-27)31-32-25-29(26-33-31)35-30(34)20-18-16-10-8-6-4-2/h21-26H,3-20H2,1-2H3. The van der Waals surface area contributed by atoms with E-state index in [1.54, 1.807) is 12.4 Å². The average Bonchev–Trinajstić information content (AvgIpc) is 2.88. The topological polar surface area (TPSA) is 52.1 Å². The predicted molar refractivity (Wildman–Crippen MR) is 147 cm³/mol. The molecule has 194 valence electrons. The normalized spacial score (nSPS) is 11.0. The summed E-state index contributed by atoms with van der Waals surface area (Å²) in [4.78, 5) is 20.8. The van der Waals surface area contributed by atoms with Gasteiger partial charge in [-0.05, 0) is 24.8 Å². The summed E-state index contributed by atoms with van der Waals surface area (Å²) in [5, 5.41) is 0. The Hall–Kier alpha value is -2.23. The lowest BCUT2D eigenvalue weighted by Gasteiger charge is -2.06. The number of hydrogen-bond acceptors (Lipinski definition) is 4. The van der Waals surface area contributed by atoms with Crippen LogP contribution in [0.5, 0.6) is 5.75 Å². The van der Waals surface area contributed by atoms with E-state index in [0.717, 1.165) is 24.8 Å². The average molecular weight is 481 g/mol. The predicted octanol–water partition coefficient (Wildman–Crippen LogP) is 9.26. The monoisotopic (exact) mass is 480 g/mol. The van der Waals surface area contributed by atoms with E-state index in [-0.39, 0.29) is 5.97 Å². The highest BCUT2D eigenvalue weighted by Crippen LogP contribution is 2.19. The number of aryl methyl sites for hydroxylation is 1. The van der Waals surface area contributed by atoms with E-state index >= 15 is 0 Å². The highest BCUT2D eigenvalue weighted by atomic mass is 16.5. The molecule has 0 unspecified atom stereocenters. The molecule has 1 heterocycles. The minimum absolute atomic E-state index is 0.201. The molecule has 0 saturated carbocycles. The molecule has 0 atom stereocenters. The van der Waals surface area contributed by atoms with Crippen LogP contribution in [0.1, 0.15) is 129 Å². The number of rotatable bonds is 20.